The lowest BCUT2D eigenvalue weighted by molar-refractivity contribution is -0.122. The maximum atomic E-state index is 13.1. The highest BCUT2D eigenvalue weighted by atomic mass is 35.5. The first-order valence-corrected chi connectivity index (χ1v) is 10.4. The quantitative estimate of drug-likeness (QED) is 0.396. The van der Waals surface area contributed by atoms with Crippen LogP contribution >= 0.6 is 11.6 Å². The first kappa shape index (κ1) is 22.8. The normalized spacial score (nSPS) is 14.9. The molecule has 2 N–H and O–H groups in total. The molecule has 0 radical (unpaired) electrons. The van der Waals surface area contributed by atoms with Gasteiger partial charge in [0, 0.05) is 11.6 Å². The van der Waals surface area contributed by atoms with Crippen molar-refractivity contribution >= 4 is 47.2 Å². The van der Waals surface area contributed by atoms with Crippen molar-refractivity contribution in [2.75, 3.05) is 11.5 Å². The summed E-state index contributed by atoms with van der Waals surface area (Å²) in [6.45, 7) is 2.20. The number of benzene rings is 2. The fraction of sp³-hybridized carbons (Fsp3) is 0.0833. The summed E-state index contributed by atoms with van der Waals surface area (Å²) < 4.78 is 11.1. The Balaban J connectivity index is 1.68. The van der Waals surface area contributed by atoms with Crippen LogP contribution in [0.4, 0.5) is 10.5 Å². The number of carboxylic acids is 1. The molecule has 2 aromatic carbocycles. The van der Waals surface area contributed by atoms with Crippen molar-refractivity contribution in [3.8, 4) is 17.1 Å². The Bertz CT molecular complexity index is 1360. The van der Waals surface area contributed by atoms with Crippen molar-refractivity contribution < 1.29 is 33.4 Å². The minimum Gasteiger partial charge on any atom is -0.494 e. The first-order chi connectivity index (χ1) is 16.3. The van der Waals surface area contributed by atoms with E-state index in [-0.39, 0.29) is 33.4 Å². The van der Waals surface area contributed by atoms with Gasteiger partial charge in [-0.2, -0.15) is 0 Å². The second-order valence-electron chi connectivity index (χ2n) is 7.09. The SMILES string of the molecule is CCOc1cccc(N2C(=O)NC(=O)/C(=C/c3ccc(-c4cc(C(=O)O)ccc4Cl)o3)C2=O)c1. The number of furan rings is 1. The van der Waals surface area contributed by atoms with E-state index >= 15 is 0 Å². The van der Waals surface area contributed by atoms with Gasteiger partial charge in [0.25, 0.3) is 11.8 Å². The van der Waals surface area contributed by atoms with E-state index in [1.807, 2.05) is 0 Å². The molecule has 1 aliphatic heterocycles. The molecule has 4 rings (SSSR count). The molecule has 34 heavy (non-hydrogen) atoms. The highest BCUT2D eigenvalue weighted by Crippen LogP contribution is 2.32. The number of barbiturate groups is 1. The van der Waals surface area contributed by atoms with E-state index in [4.69, 9.17) is 20.8 Å². The fourth-order valence-electron chi connectivity index (χ4n) is 3.34. The molecule has 9 nitrogen and oxygen atoms in total. The van der Waals surface area contributed by atoms with Gasteiger partial charge in [-0.15, -0.1) is 0 Å². The number of urea groups is 1. The Morgan fingerprint density at radius 2 is 1.94 bits per heavy atom. The minimum atomic E-state index is -1.13. The number of carbonyl (C=O) groups is 4. The van der Waals surface area contributed by atoms with Crippen molar-refractivity contribution in [1.82, 2.24) is 5.32 Å². The molecular formula is C24H17ClN2O7. The standard InChI is InChI=1S/C24H17ClN2O7/c1-2-33-15-5-3-4-14(11-15)27-22(29)18(21(28)26-24(27)32)12-16-7-9-20(34-16)17-10-13(23(30)31)6-8-19(17)25/h3-12H,2H2,1H3,(H,30,31)(H,26,28,32)/b18-12-. The van der Waals surface area contributed by atoms with E-state index in [9.17, 15) is 24.3 Å². The molecule has 1 fully saturated rings. The van der Waals surface area contributed by atoms with Gasteiger partial charge in [0.05, 0.1) is 22.9 Å². The lowest BCUT2D eigenvalue weighted by atomic mass is 10.1. The number of carboxylic acid groups (broad SMARTS) is 1. The number of hydrogen-bond donors (Lipinski definition) is 2. The third-order valence-electron chi connectivity index (χ3n) is 4.88. The van der Waals surface area contributed by atoms with Crippen molar-refractivity contribution in [2.45, 2.75) is 6.92 Å². The molecule has 4 amide bonds. The zero-order valence-corrected chi connectivity index (χ0v) is 18.5. The van der Waals surface area contributed by atoms with Crippen molar-refractivity contribution in [2.24, 2.45) is 0 Å². The van der Waals surface area contributed by atoms with Gasteiger partial charge in [0.15, 0.2) is 0 Å². The largest absolute Gasteiger partial charge is 0.494 e. The van der Waals surface area contributed by atoms with Crippen LogP contribution in [0.3, 0.4) is 0 Å². The Labute approximate surface area is 198 Å². The number of anilines is 1. The van der Waals surface area contributed by atoms with Crippen LogP contribution in [0.1, 0.15) is 23.0 Å². The molecule has 2 heterocycles. The van der Waals surface area contributed by atoms with Gasteiger partial charge < -0.3 is 14.3 Å². The summed E-state index contributed by atoms with van der Waals surface area (Å²) in [6, 6.07) is 12.6. The van der Waals surface area contributed by atoms with Gasteiger partial charge in [-0.3, -0.25) is 14.9 Å². The molecule has 1 aromatic heterocycles. The molecule has 0 spiro atoms. The summed E-state index contributed by atoms with van der Waals surface area (Å²) in [5, 5.41) is 11.6. The summed E-state index contributed by atoms with van der Waals surface area (Å²) in [7, 11) is 0. The average molecular weight is 481 g/mol. The molecule has 1 aliphatic rings. The van der Waals surface area contributed by atoms with Gasteiger partial charge in [-0.1, -0.05) is 17.7 Å². The second kappa shape index (κ2) is 9.24. The number of amides is 4. The van der Waals surface area contributed by atoms with Crippen LogP contribution in [0, 0.1) is 0 Å². The molecule has 0 atom stereocenters. The zero-order valence-electron chi connectivity index (χ0n) is 17.7. The number of hydrogen-bond acceptors (Lipinski definition) is 6. The van der Waals surface area contributed by atoms with Gasteiger partial charge >= 0.3 is 12.0 Å². The molecular weight excluding hydrogens is 464 g/mol. The molecule has 0 aliphatic carbocycles. The Kier molecular flexibility index (Phi) is 6.20. The van der Waals surface area contributed by atoms with Crippen molar-refractivity contribution in [3.63, 3.8) is 0 Å². The van der Waals surface area contributed by atoms with Crippen LogP contribution in [0.2, 0.25) is 5.02 Å². The van der Waals surface area contributed by atoms with E-state index in [1.165, 1.54) is 48.5 Å². The fourth-order valence-corrected chi connectivity index (χ4v) is 3.55. The van der Waals surface area contributed by atoms with Crippen LogP contribution in [-0.2, 0) is 9.59 Å². The van der Waals surface area contributed by atoms with Crippen LogP contribution in [0.25, 0.3) is 17.4 Å². The van der Waals surface area contributed by atoms with Crippen LogP contribution in [-0.4, -0.2) is 35.5 Å². The number of imide groups is 2. The summed E-state index contributed by atoms with van der Waals surface area (Å²) in [6.07, 6.45) is 1.20. The van der Waals surface area contributed by atoms with Gasteiger partial charge in [-0.05, 0) is 55.5 Å². The predicted octanol–water partition coefficient (Wildman–Crippen LogP) is 4.36. The number of aromatic carboxylic acids is 1. The highest BCUT2D eigenvalue weighted by molar-refractivity contribution is 6.39. The lowest BCUT2D eigenvalue weighted by Gasteiger charge is -2.26. The average Bonchev–Trinajstić information content (AvgIpc) is 3.25. The Morgan fingerprint density at radius 3 is 2.68 bits per heavy atom. The van der Waals surface area contributed by atoms with E-state index in [0.29, 0.717) is 17.9 Å². The number of halogens is 1. The zero-order chi connectivity index (χ0) is 24.4. The van der Waals surface area contributed by atoms with E-state index in [0.717, 1.165) is 4.90 Å². The molecule has 172 valence electrons. The molecule has 0 bridgehead atoms. The first-order valence-electron chi connectivity index (χ1n) is 10.1. The monoisotopic (exact) mass is 480 g/mol. The molecule has 0 saturated carbocycles. The highest BCUT2D eigenvalue weighted by Gasteiger charge is 2.37. The van der Waals surface area contributed by atoms with E-state index in [1.54, 1.807) is 19.1 Å². The van der Waals surface area contributed by atoms with Gasteiger partial charge in [-0.25, -0.2) is 14.5 Å². The number of carbonyl (C=O) groups excluding carboxylic acids is 3. The van der Waals surface area contributed by atoms with E-state index < -0.39 is 23.8 Å². The van der Waals surface area contributed by atoms with Gasteiger partial charge in [0.2, 0.25) is 0 Å². The molecule has 0 unspecified atom stereocenters. The summed E-state index contributed by atoms with van der Waals surface area (Å²) in [4.78, 5) is 50.0. The third kappa shape index (κ3) is 4.41. The maximum absolute atomic E-state index is 13.1. The number of nitrogens with one attached hydrogen (secondary N) is 1. The maximum Gasteiger partial charge on any atom is 0.335 e. The Morgan fingerprint density at radius 1 is 1.15 bits per heavy atom. The summed E-state index contributed by atoms with van der Waals surface area (Å²) >= 11 is 6.18. The molecule has 3 aromatic rings. The third-order valence-corrected chi connectivity index (χ3v) is 5.21. The van der Waals surface area contributed by atoms with Crippen molar-refractivity contribution in [1.29, 1.82) is 0 Å². The lowest BCUT2D eigenvalue weighted by Crippen LogP contribution is -2.54. The topological polar surface area (TPSA) is 126 Å². The van der Waals surface area contributed by atoms with Crippen LogP contribution < -0.4 is 15.0 Å². The second-order valence-corrected chi connectivity index (χ2v) is 7.50. The van der Waals surface area contributed by atoms with Gasteiger partial charge in [0.1, 0.15) is 22.8 Å². The van der Waals surface area contributed by atoms with Crippen molar-refractivity contribution in [3.05, 3.63) is 76.5 Å². The molecule has 1 saturated heterocycles. The summed E-state index contributed by atoms with van der Waals surface area (Å²) in [5.74, 6) is -2.03. The van der Waals surface area contributed by atoms with Crippen LogP contribution in [0.5, 0.6) is 5.75 Å². The summed E-state index contributed by atoms with van der Waals surface area (Å²) in [5.41, 5.74) is 0.244. The minimum absolute atomic E-state index is 0.0148. The van der Waals surface area contributed by atoms with E-state index in [2.05, 4.69) is 5.32 Å². The number of ether oxygens (including phenoxy) is 1. The smallest absolute Gasteiger partial charge is 0.335 e. The Hall–Kier alpha value is -4.37. The van der Waals surface area contributed by atoms with Crippen LogP contribution in [0.15, 0.2) is 64.6 Å². The number of rotatable bonds is 6. The predicted molar refractivity (Wildman–Crippen MR) is 123 cm³/mol. The number of nitrogens with zero attached hydrogens (tertiary/aromatic N) is 1. The molecule has 10 heteroatoms.